The van der Waals surface area contributed by atoms with Crippen LogP contribution in [0.25, 0.3) is 0 Å². The maximum absolute atomic E-state index is 11.3. The van der Waals surface area contributed by atoms with Gasteiger partial charge in [0.25, 0.3) is 0 Å². The number of carbonyl (C=O) groups excluding carboxylic acids is 1. The van der Waals surface area contributed by atoms with Gasteiger partial charge in [-0.2, -0.15) is 22.9 Å². The first kappa shape index (κ1) is 70.6. The molecule has 0 radical (unpaired) electrons. The molecule has 0 spiro atoms. The molecular weight excluding hydrogens is 765 g/mol. The van der Waals surface area contributed by atoms with E-state index >= 15 is 0 Å². The monoisotopic (exact) mass is 846 g/mol. The number of rotatable bonds is 31. The summed E-state index contributed by atoms with van der Waals surface area (Å²) >= 11 is 0. The standard InChI is InChI=1S/C14H30N2O4.C9H22N2O2.C9H14N2O2.C3H3N.C3H8O2.CH3O.Na/c1-14(2,3)20-13(17)16-8-5-10-19-12-6-11-18-9-4-7-15;2*10-4-1-6-12-8-3-9-13-7-2-5-11;1-2-3-4;4-2-1-3-5;1-2;/h4-12,15H2,1-3H3,(H,16,17);1-11H2;1-3,6-9H2;2H,1H2;4-5H,1-3H2;1H3;/q;;;;;-1;+1. The number of allylic oxidation sites excluding steroid dienone is 1. The second-order valence-corrected chi connectivity index (χ2v) is 11.9. The average molecular weight is 846 g/mol. The largest absolute Gasteiger partial charge is 1.00 e. The first-order valence-electron chi connectivity index (χ1n) is 19.5. The molecule has 0 aliphatic heterocycles. The number of nitrogens with one attached hydrogen (secondary N) is 1. The Kier molecular flexibility index (Phi) is 88.3. The number of carbonyl (C=O) groups is 1. The van der Waals surface area contributed by atoms with Crippen LogP contribution in [-0.4, -0.2) is 148 Å². The summed E-state index contributed by atoms with van der Waals surface area (Å²) in [4.78, 5) is 11.3. The third kappa shape index (κ3) is 99.7. The molecule has 0 unspecified atom stereocenters. The molecule has 0 heterocycles. The molecule has 0 aromatic heterocycles. The number of nitriles is 3. The van der Waals surface area contributed by atoms with Crippen molar-refractivity contribution in [2.24, 2.45) is 17.2 Å². The summed E-state index contributed by atoms with van der Waals surface area (Å²) in [5, 5.41) is 50.6. The second kappa shape index (κ2) is 72.6. The third-order valence-electron chi connectivity index (χ3n) is 5.47. The number of ether oxygens (including phenoxy) is 7. The van der Waals surface area contributed by atoms with Gasteiger partial charge in [0.15, 0.2) is 0 Å². The summed E-state index contributed by atoms with van der Waals surface area (Å²) in [7, 11) is 0.750. The molecule has 0 atom stereocenters. The molecule has 9 N–H and O–H groups in total. The zero-order valence-corrected chi connectivity index (χ0v) is 38.7. The van der Waals surface area contributed by atoms with Gasteiger partial charge < -0.3 is 71.0 Å². The molecule has 58 heavy (non-hydrogen) atoms. The third-order valence-corrected chi connectivity index (χ3v) is 5.47. The van der Waals surface area contributed by atoms with Crippen LogP contribution >= 0.6 is 0 Å². The van der Waals surface area contributed by atoms with Crippen molar-refractivity contribution >= 4 is 6.09 Å². The molecule has 0 aliphatic carbocycles. The van der Waals surface area contributed by atoms with E-state index in [-0.39, 0.29) is 48.9 Å². The van der Waals surface area contributed by atoms with Crippen LogP contribution in [0.4, 0.5) is 4.79 Å². The summed E-state index contributed by atoms with van der Waals surface area (Å²) in [6.07, 6.45) is 8.37. The summed E-state index contributed by atoms with van der Waals surface area (Å²) in [5.41, 5.74) is 15.5. The van der Waals surface area contributed by atoms with Crippen molar-refractivity contribution in [3.63, 3.8) is 0 Å². The number of amides is 1. The quantitative estimate of drug-likeness (QED) is 0.0279. The Morgan fingerprint density at radius 2 is 0.914 bits per heavy atom. The zero-order valence-electron chi connectivity index (χ0n) is 36.7. The molecule has 0 bridgehead atoms. The van der Waals surface area contributed by atoms with Gasteiger partial charge in [-0.25, -0.2) is 4.79 Å². The van der Waals surface area contributed by atoms with Gasteiger partial charge in [-0.3, -0.25) is 0 Å². The van der Waals surface area contributed by atoms with Gasteiger partial charge in [-0.05, 0) is 91.8 Å². The van der Waals surface area contributed by atoms with E-state index in [1.165, 1.54) is 6.08 Å². The van der Waals surface area contributed by atoms with Crippen LogP contribution in [0.15, 0.2) is 12.7 Å². The number of hydrogen-bond acceptors (Lipinski definition) is 17. The average Bonchev–Trinajstić information content (AvgIpc) is 3.20. The van der Waals surface area contributed by atoms with Gasteiger partial charge in [0.2, 0.25) is 0 Å². The zero-order chi connectivity index (χ0) is 44.4. The van der Waals surface area contributed by atoms with Gasteiger partial charge in [0, 0.05) is 91.9 Å². The molecule has 0 fully saturated rings. The molecule has 0 aromatic carbocycles. The van der Waals surface area contributed by atoms with Gasteiger partial charge in [-0.1, -0.05) is 6.58 Å². The van der Waals surface area contributed by atoms with Crippen molar-refractivity contribution < 1.29 is 82.8 Å². The van der Waals surface area contributed by atoms with Crippen LogP contribution < -0.4 is 57.2 Å². The summed E-state index contributed by atoms with van der Waals surface area (Å²) in [6, 6.07) is 5.68. The fraction of sp³-hybridized carbons (Fsp3) is 0.846. The Labute approximate surface area is 372 Å². The van der Waals surface area contributed by atoms with E-state index in [0.717, 1.165) is 85.1 Å². The molecule has 0 rings (SSSR count). The smallest absolute Gasteiger partial charge is 0.857 e. The van der Waals surface area contributed by atoms with Gasteiger partial charge in [-0.15, -0.1) is 0 Å². The van der Waals surface area contributed by atoms with Crippen molar-refractivity contribution in [1.82, 2.24) is 5.32 Å². The fourth-order valence-corrected chi connectivity index (χ4v) is 2.94. The van der Waals surface area contributed by atoms with Crippen LogP contribution in [0, 0.1) is 34.0 Å². The van der Waals surface area contributed by atoms with Crippen molar-refractivity contribution in [2.45, 2.75) is 90.6 Å². The molecule has 338 valence electrons. The van der Waals surface area contributed by atoms with Crippen molar-refractivity contribution in [3.8, 4) is 18.2 Å². The number of nitrogens with zero attached hydrogens (tertiary/aromatic N) is 3. The normalized spacial score (nSPS) is 9.43. The summed E-state index contributed by atoms with van der Waals surface area (Å²) in [6.45, 7) is 19.5. The molecule has 0 aromatic rings. The predicted octanol–water partition coefficient (Wildman–Crippen LogP) is -0.945. The van der Waals surface area contributed by atoms with Gasteiger partial charge >= 0.3 is 35.7 Å². The van der Waals surface area contributed by atoms with E-state index in [1.54, 1.807) is 6.07 Å². The Bertz CT molecular complexity index is 843. The van der Waals surface area contributed by atoms with E-state index in [9.17, 15) is 4.79 Å². The summed E-state index contributed by atoms with van der Waals surface area (Å²) in [5.74, 6) is 0. The topological polar surface area (TPSA) is 307 Å². The summed E-state index contributed by atoms with van der Waals surface area (Å²) < 4.78 is 36.7. The maximum Gasteiger partial charge on any atom is 1.00 e. The molecule has 0 saturated heterocycles. The minimum Gasteiger partial charge on any atom is -0.857 e. The minimum atomic E-state index is -0.454. The molecule has 0 saturated carbocycles. The fourth-order valence-electron chi connectivity index (χ4n) is 2.94. The molecule has 0 aliphatic rings. The van der Waals surface area contributed by atoms with Crippen LogP contribution in [0.5, 0.6) is 0 Å². The van der Waals surface area contributed by atoms with Gasteiger partial charge in [0.1, 0.15) is 5.60 Å². The minimum absolute atomic E-state index is 0. The van der Waals surface area contributed by atoms with Crippen LogP contribution in [0.1, 0.15) is 85.0 Å². The van der Waals surface area contributed by atoms with Crippen molar-refractivity contribution in [3.05, 3.63) is 12.7 Å². The van der Waals surface area contributed by atoms with E-state index in [4.69, 9.17) is 81.5 Å². The SMILES string of the molecule is C=CC#N.CC(C)(C)OC(=O)NCCCOCCCOCCCN.C[O-].N#CCCOCCCOCCC#N.NCCCOCCCOCCCN.OCCCO.[Na+]. The number of aliphatic hydroxyl groups is 2. The molecule has 1 amide bonds. The van der Waals surface area contributed by atoms with Crippen LogP contribution in [0.3, 0.4) is 0 Å². The molecule has 18 nitrogen and oxygen atoms in total. The first-order chi connectivity index (χ1) is 27.6. The maximum atomic E-state index is 11.3. The van der Waals surface area contributed by atoms with E-state index in [2.05, 4.69) is 11.9 Å². The molecular formula is C39H80N7NaO11. The Morgan fingerprint density at radius 1 is 0.621 bits per heavy atom. The number of nitrogens with two attached hydrogens (primary N) is 3. The van der Waals surface area contributed by atoms with Gasteiger partial charge in [0.05, 0.1) is 44.3 Å². The van der Waals surface area contributed by atoms with E-state index in [1.807, 2.05) is 32.9 Å². The van der Waals surface area contributed by atoms with Crippen LogP contribution in [-0.2, 0) is 33.2 Å². The second-order valence-electron chi connectivity index (χ2n) is 11.9. The molecule has 19 heteroatoms. The van der Waals surface area contributed by atoms with Crippen molar-refractivity contribution in [1.29, 1.82) is 15.8 Å². The predicted molar refractivity (Wildman–Crippen MR) is 220 cm³/mol. The number of hydrogen-bond donors (Lipinski definition) is 6. The number of alkyl carbamates (subject to hydrolysis) is 1. The van der Waals surface area contributed by atoms with E-state index in [0.29, 0.717) is 91.7 Å². The first-order valence-corrected chi connectivity index (χ1v) is 19.5. The van der Waals surface area contributed by atoms with Crippen LogP contribution in [0.2, 0.25) is 0 Å². The van der Waals surface area contributed by atoms with Crippen molar-refractivity contribution in [2.75, 3.05) is 126 Å². The van der Waals surface area contributed by atoms with E-state index < -0.39 is 5.60 Å². The Hall–Kier alpha value is -2.00. The number of aliphatic hydroxyl groups excluding tert-OH is 2. The Morgan fingerprint density at radius 3 is 1.16 bits per heavy atom. The Balaban J connectivity index is -0.000000121.